The van der Waals surface area contributed by atoms with Crippen molar-refractivity contribution in [3.8, 4) is 0 Å². The first kappa shape index (κ1) is 17.7. The number of para-hydroxylation sites is 1. The lowest BCUT2D eigenvalue weighted by molar-refractivity contribution is -0.384. The Morgan fingerprint density at radius 3 is 2.46 bits per heavy atom. The van der Waals surface area contributed by atoms with Crippen LogP contribution in [0.5, 0.6) is 0 Å². The first-order valence-electron chi connectivity index (χ1n) is 7.54. The van der Waals surface area contributed by atoms with E-state index in [9.17, 15) is 18.5 Å². The van der Waals surface area contributed by atoms with Crippen molar-refractivity contribution in [1.29, 1.82) is 0 Å². The second-order valence-corrected chi connectivity index (χ2v) is 6.87. The van der Waals surface area contributed by atoms with E-state index in [0.29, 0.717) is 17.9 Å². The van der Waals surface area contributed by atoms with Crippen molar-refractivity contribution in [1.82, 2.24) is 0 Å². The molecule has 0 radical (unpaired) electrons. The van der Waals surface area contributed by atoms with E-state index in [1.54, 1.807) is 30.3 Å². The fraction of sp³-hybridized carbons (Fsp3) is 0.250. The molecule has 128 valence electrons. The van der Waals surface area contributed by atoms with Crippen LogP contribution in [0.1, 0.15) is 19.8 Å². The van der Waals surface area contributed by atoms with Gasteiger partial charge in [-0.25, -0.2) is 8.42 Å². The monoisotopic (exact) mass is 349 g/mol. The second-order valence-electron chi connectivity index (χ2n) is 5.19. The summed E-state index contributed by atoms with van der Waals surface area (Å²) < 4.78 is 27.2. The third-order valence-corrected chi connectivity index (χ3v) is 4.73. The van der Waals surface area contributed by atoms with Gasteiger partial charge >= 0.3 is 0 Å². The summed E-state index contributed by atoms with van der Waals surface area (Å²) in [4.78, 5) is 10.5. The molecule has 0 fully saturated rings. The van der Waals surface area contributed by atoms with Gasteiger partial charge in [-0.05, 0) is 30.7 Å². The Kier molecular flexibility index (Phi) is 5.75. The number of unbranched alkanes of at least 4 members (excludes halogenated alkanes) is 1. The van der Waals surface area contributed by atoms with Gasteiger partial charge in [0, 0.05) is 18.3 Å². The van der Waals surface area contributed by atoms with Crippen molar-refractivity contribution in [3.63, 3.8) is 0 Å². The fourth-order valence-electron chi connectivity index (χ4n) is 2.10. The number of benzene rings is 2. The largest absolute Gasteiger partial charge is 0.379 e. The maximum absolute atomic E-state index is 12.4. The summed E-state index contributed by atoms with van der Waals surface area (Å²) in [7, 11) is -3.89. The smallest absolute Gasteiger partial charge is 0.293 e. The fourth-order valence-corrected chi connectivity index (χ4v) is 3.18. The van der Waals surface area contributed by atoms with Crippen molar-refractivity contribution >= 4 is 27.1 Å². The van der Waals surface area contributed by atoms with Crippen molar-refractivity contribution < 1.29 is 13.3 Å². The molecule has 0 aliphatic rings. The molecule has 0 saturated heterocycles. The summed E-state index contributed by atoms with van der Waals surface area (Å²) in [5.41, 5.74) is 0.444. The van der Waals surface area contributed by atoms with Crippen molar-refractivity contribution in [2.75, 3.05) is 16.6 Å². The molecule has 2 aromatic rings. The van der Waals surface area contributed by atoms with Crippen molar-refractivity contribution in [3.05, 3.63) is 58.6 Å². The van der Waals surface area contributed by atoms with Gasteiger partial charge in [-0.3, -0.25) is 14.8 Å². The van der Waals surface area contributed by atoms with Crippen molar-refractivity contribution in [2.24, 2.45) is 0 Å². The molecule has 0 spiro atoms. The number of hydrogen-bond acceptors (Lipinski definition) is 5. The standard InChI is InChI=1S/C16H19N3O4S/c1-2-3-11-17-15-10-9-14(12-16(15)19(20)21)24(22,23)18-13-7-5-4-6-8-13/h4-10,12,17-18H,2-3,11H2,1H3. The third kappa shape index (κ3) is 4.45. The predicted octanol–water partition coefficient (Wildman–Crippen LogP) is 3.61. The lowest BCUT2D eigenvalue weighted by Crippen LogP contribution is -2.13. The van der Waals surface area contributed by atoms with Crippen LogP contribution in [0.2, 0.25) is 0 Å². The Balaban J connectivity index is 2.30. The van der Waals surface area contributed by atoms with E-state index in [0.717, 1.165) is 18.9 Å². The highest BCUT2D eigenvalue weighted by molar-refractivity contribution is 7.92. The first-order valence-corrected chi connectivity index (χ1v) is 9.02. The topological polar surface area (TPSA) is 101 Å². The Bertz CT molecular complexity index is 807. The maximum atomic E-state index is 12.4. The van der Waals surface area contributed by atoms with E-state index < -0.39 is 14.9 Å². The summed E-state index contributed by atoms with van der Waals surface area (Å²) in [6.07, 6.45) is 1.82. The molecule has 8 heteroatoms. The number of sulfonamides is 1. The Labute approximate surface area is 140 Å². The molecule has 0 heterocycles. The first-order chi connectivity index (χ1) is 11.4. The molecule has 0 amide bonds. The zero-order valence-electron chi connectivity index (χ0n) is 13.2. The number of hydrogen-bond donors (Lipinski definition) is 2. The molecule has 24 heavy (non-hydrogen) atoms. The molecule has 0 aromatic heterocycles. The highest BCUT2D eigenvalue weighted by Crippen LogP contribution is 2.28. The van der Waals surface area contributed by atoms with Crippen LogP contribution < -0.4 is 10.0 Å². The van der Waals surface area contributed by atoms with Crippen LogP contribution in [-0.2, 0) is 10.0 Å². The summed E-state index contributed by atoms with van der Waals surface area (Å²) in [6.45, 7) is 2.60. The minimum atomic E-state index is -3.89. The van der Waals surface area contributed by atoms with E-state index in [4.69, 9.17) is 0 Å². The number of nitro groups is 1. The van der Waals surface area contributed by atoms with Gasteiger partial charge in [-0.2, -0.15) is 0 Å². The highest BCUT2D eigenvalue weighted by Gasteiger charge is 2.21. The Morgan fingerprint density at radius 2 is 1.83 bits per heavy atom. The molecular weight excluding hydrogens is 330 g/mol. The van der Waals surface area contributed by atoms with E-state index in [1.165, 1.54) is 12.1 Å². The van der Waals surface area contributed by atoms with Gasteiger partial charge in [0.15, 0.2) is 0 Å². The molecule has 0 bridgehead atoms. The van der Waals surface area contributed by atoms with E-state index in [2.05, 4.69) is 10.0 Å². The lowest BCUT2D eigenvalue weighted by Gasteiger charge is -2.10. The zero-order chi connectivity index (χ0) is 17.6. The quantitative estimate of drug-likeness (QED) is 0.431. The van der Waals surface area contributed by atoms with Gasteiger partial charge in [-0.15, -0.1) is 0 Å². The molecule has 7 nitrogen and oxygen atoms in total. The minimum Gasteiger partial charge on any atom is -0.379 e. The van der Waals surface area contributed by atoms with Gasteiger partial charge in [0.25, 0.3) is 15.7 Å². The van der Waals surface area contributed by atoms with E-state index in [-0.39, 0.29) is 10.6 Å². The van der Waals surface area contributed by atoms with Crippen LogP contribution in [0, 0.1) is 10.1 Å². The van der Waals surface area contributed by atoms with Crippen LogP contribution in [0.4, 0.5) is 17.1 Å². The average Bonchev–Trinajstić information content (AvgIpc) is 2.55. The molecule has 0 aliphatic heterocycles. The summed E-state index contributed by atoms with van der Waals surface area (Å²) in [5.74, 6) is 0. The van der Waals surface area contributed by atoms with Gasteiger partial charge in [0.1, 0.15) is 5.69 Å². The summed E-state index contributed by atoms with van der Waals surface area (Å²) in [5, 5.41) is 14.2. The maximum Gasteiger partial charge on any atom is 0.293 e. The zero-order valence-corrected chi connectivity index (χ0v) is 14.0. The lowest BCUT2D eigenvalue weighted by atomic mass is 10.2. The SMILES string of the molecule is CCCCNc1ccc(S(=O)(=O)Nc2ccccc2)cc1[N+](=O)[O-]. The van der Waals surface area contributed by atoms with E-state index in [1.807, 2.05) is 6.92 Å². The Morgan fingerprint density at radius 1 is 1.12 bits per heavy atom. The highest BCUT2D eigenvalue weighted by atomic mass is 32.2. The molecule has 2 N–H and O–H groups in total. The molecule has 0 aliphatic carbocycles. The van der Waals surface area contributed by atoms with Crippen LogP contribution in [0.25, 0.3) is 0 Å². The molecule has 2 aromatic carbocycles. The van der Waals surface area contributed by atoms with Gasteiger partial charge in [-0.1, -0.05) is 31.5 Å². The van der Waals surface area contributed by atoms with Gasteiger partial charge < -0.3 is 5.32 Å². The van der Waals surface area contributed by atoms with Crippen LogP contribution in [-0.4, -0.2) is 19.9 Å². The number of anilines is 2. The van der Waals surface area contributed by atoms with E-state index >= 15 is 0 Å². The molecular formula is C16H19N3O4S. The predicted molar refractivity (Wildman–Crippen MR) is 93.7 cm³/mol. The van der Waals surface area contributed by atoms with Crippen LogP contribution >= 0.6 is 0 Å². The molecule has 0 atom stereocenters. The Hall–Kier alpha value is -2.61. The molecule has 2 rings (SSSR count). The average molecular weight is 349 g/mol. The number of nitro benzene ring substituents is 1. The minimum absolute atomic E-state index is 0.154. The molecule has 0 unspecified atom stereocenters. The van der Waals surface area contributed by atoms with Crippen molar-refractivity contribution in [2.45, 2.75) is 24.7 Å². The van der Waals surface area contributed by atoms with Crippen LogP contribution in [0.15, 0.2) is 53.4 Å². The number of nitrogens with zero attached hydrogens (tertiary/aromatic N) is 1. The normalized spacial score (nSPS) is 11.0. The molecule has 0 saturated carbocycles. The van der Waals surface area contributed by atoms with Gasteiger partial charge in [0.2, 0.25) is 0 Å². The second kappa shape index (κ2) is 7.78. The third-order valence-electron chi connectivity index (χ3n) is 3.35. The van der Waals surface area contributed by atoms with Gasteiger partial charge in [0.05, 0.1) is 9.82 Å². The summed E-state index contributed by atoms with van der Waals surface area (Å²) >= 11 is 0. The summed E-state index contributed by atoms with van der Waals surface area (Å²) in [6, 6.07) is 12.2. The number of nitrogens with one attached hydrogen (secondary N) is 2. The number of rotatable bonds is 8. The van der Waals surface area contributed by atoms with Crippen LogP contribution in [0.3, 0.4) is 0 Å².